The van der Waals surface area contributed by atoms with Crippen molar-refractivity contribution in [2.75, 3.05) is 41.0 Å². The fraction of sp³-hybridized carbons (Fsp3) is 0.571. The van der Waals surface area contributed by atoms with E-state index < -0.39 is 0 Å². The number of rotatable bonds is 8. The highest BCUT2D eigenvalue weighted by Crippen LogP contribution is 2.24. The zero-order valence-corrected chi connectivity index (χ0v) is 11.9. The van der Waals surface area contributed by atoms with Crippen LogP contribution in [0.5, 0.6) is 11.5 Å². The lowest BCUT2D eigenvalue weighted by atomic mass is 10.1. The minimum absolute atomic E-state index is 0.0101. The predicted molar refractivity (Wildman–Crippen MR) is 75.8 cm³/mol. The number of hydrogen-bond acceptors (Lipinski definition) is 5. The van der Waals surface area contributed by atoms with Crippen LogP contribution in [0, 0.1) is 0 Å². The topological polar surface area (TPSA) is 68.0 Å². The molecule has 0 aliphatic heterocycles. The first kappa shape index (κ1) is 15.8. The molecule has 0 spiro atoms. The number of aliphatic hydroxyl groups is 1. The molecule has 0 aromatic heterocycles. The monoisotopic (exact) mass is 268 g/mol. The Morgan fingerprint density at radius 2 is 2.05 bits per heavy atom. The second-order valence-electron chi connectivity index (χ2n) is 4.63. The summed E-state index contributed by atoms with van der Waals surface area (Å²) in [4.78, 5) is 2.10. The number of methoxy groups -OCH3 is 2. The number of hydrogen-bond donors (Lipinski definition) is 2. The number of benzene rings is 1. The number of aliphatic hydroxyl groups excluding tert-OH is 1. The van der Waals surface area contributed by atoms with Crippen molar-refractivity contribution in [1.82, 2.24) is 4.90 Å². The first-order valence-corrected chi connectivity index (χ1v) is 6.36. The molecule has 108 valence electrons. The van der Waals surface area contributed by atoms with E-state index in [0.717, 1.165) is 30.0 Å². The molecule has 1 unspecified atom stereocenters. The smallest absolute Gasteiger partial charge is 0.125 e. The van der Waals surface area contributed by atoms with Crippen LogP contribution >= 0.6 is 0 Å². The lowest BCUT2D eigenvalue weighted by Crippen LogP contribution is -2.38. The zero-order valence-electron chi connectivity index (χ0n) is 11.9. The van der Waals surface area contributed by atoms with Crippen LogP contribution in [0.25, 0.3) is 0 Å². The summed E-state index contributed by atoms with van der Waals surface area (Å²) in [6.07, 6.45) is 0.863. The molecule has 0 heterocycles. The highest BCUT2D eigenvalue weighted by Gasteiger charge is 2.09. The summed E-state index contributed by atoms with van der Waals surface area (Å²) in [5, 5.41) is 8.92. The van der Waals surface area contributed by atoms with Crippen LogP contribution in [0.15, 0.2) is 18.2 Å². The van der Waals surface area contributed by atoms with Crippen molar-refractivity contribution in [2.24, 2.45) is 5.73 Å². The maximum Gasteiger partial charge on any atom is 0.125 e. The van der Waals surface area contributed by atoms with E-state index in [2.05, 4.69) is 4.90 Å². The molecule has 0 aliphatic carbocycles. The number of nitrogens with zero attached hydrogens (tertiary/aromatic N) is 1. The Labute approximate surface area is 114 Å². The van der Waals surface area contributed by atoms with E-state index in [-0.39, 0.29) is 12.6 Å². The second-order valence-corrected chi connectivity index (χ2v) is 4.63. The fourth-order valence-electron chi connectivity index (χ4n) is 1.92. The number of ether oxygens (including phenoxy) is 2. The molecule has 5 heteroatoms. The SMILES string of the molecule is COc1ccc(CCN(C)CC(N)CO)c(OC)c1. The third-order valence-corrected chi connectivity index (χ3v) is 3.04. The zero-order chi connectivity index (χ0) is 14.3. The number of likely N-dealkylation sites (N-methyl/N-ethyl adjacent to an activating group) is 1. The Bertz CT molecular complexity index is 385. The maximum atomic E-state index is 8.92. The van der Waals surface area contributed by atoms with Crippen LogP contribution in [0.2, 0.25) is 0 Å². The van der Waals surface area contributed by atoms with Gasteiger partial charge in [-0.3, -0.25) is 0 Å². The van der Waals surface area contributed by atoms with Gasteiger partial charge in [-0.25, -0.2) is 0 Å². The van der Waals surface area contributed by atoms with Crippen molar-refractivity contribution in [3.05, 3.63) is 23.8 Å². The van der Waals surface area contributed by atoms with Gasteiger partial charge in [-0.2, -0.15) is 0 Å². The summed E-state index contributed by atoms with van der Waals surface area (Å²) in [5.41, 5.74) is 6.84. The van der Waals surface area contributed by atoms with E-state index in [1.807, 2.05) is 25.2 Å². The van der Waals surface area contributed by atoms with E-state index in [1.165, 1.54) is 0 Å². The Hall–Kier alpha value is -1.30. The molecule has 1 atom stereocenters. The first-order chi connectivity index (χ1) is 9.10. The first-order valence-electron chi connectivity index (χ1n) is 6.36. The Kier molecular flexibility index (Phi) is 6.62. The minimum atomic E-state index is -0.192. The molecule has 0 amide bonds. The van der Waals surface area contributed by atoms with Crippen LogP contribution in [0.1, 0.15) is 5.56 Å². The third-order valence-electron chi connectivity index (χ3n) is 3.04. The molecule has 1 rings (SSSR count). The summed E-state index contributed by atoms with van der Waals surface area (Å²) in [7, 11) is 5.29. The Balaban J connectivity index is 2.57. The van der Waals surface area contributed by atoms with E-state index in [9.17, 15) is 0 Å². The second kappa shape index (κ2) is 7.99. The van der Waals surface area contributed by atoms with Gasteiger partial charge >= 0.3 is 0 Å². The molecular formula is C14H24N2O3. The van der Waals surface area contributed by atoms with E-state index >= 15 is 0 Å². The van der Waals surface area contributed by atoms with Gasteiger partial charge in [-0.1, -0.05) is 6.07 Å². The lowest BCUT2D eigenvalue weighted by molar-refractivity contribution is 0.222. The van der Waals surface area contributed by atoms with Gasteiger partial charge in [0.15, 0.2) is 0 Å². The van der Waals surface area contributed by atoms with Gasteiger partial charge in [0.1, 0.15) is 11.5 Å². The summed E-state index contributed by atoms with van der Waals surface area (Å²) >= 11 is 0. The third kappa shape index (κ3) is 5.06. The van der Waals surface area contributed by atoms with E-state index in [1.54, 1.807) is 14.2 Å². The van der Waals surface area contributed by atoms with Crippen LogP contribution in [-0.2, 0) is 6.42 Å². The van der Waals surface area contributed by atoms with Crippen LogP contribution in [-0.4, -0.2) is 57.0 Å². The molecule has 1 aromatic carbocycles. The molecule has 0 aliphatic rings. The van der Waals surface area contributed by atoms with Crippen LogP contribution in [0.4, 0.5) is 0 Å². The summed E-state index contributed by atoms with van der Waals surface area (Å²) in [6, 6.07) is 5.63. The molecule has 3 N–H and O–H groups in total. The van der Waals surface area contributed by atoms with Gasteiger partial charge in [0.25, 0.3) is 0 Å². The molecule has 0 fully saturated rings. The van der Waals surface area contributed by atoms with Crippen molar-refractivity contribution in [2.45, 2.75) is 12.5 Å². The molecule has 5 nitrogen and oxygen atoms in total. The van der Waals surface area contributed by atoms with Crippen molar-refractivity contribution < 1.29 is 14.6 Å². The minimum Gasteiger partial charge on any atom is -0.497 e. The maximum absolute atomic E-state index is 8.92. The van der Waals surface area contributed by atoms with Crippen molar-refractivity contribution in [3.8, 4) is 11.5 Å². The fourth-order valence-corrected chi connectivity index (χ4v) is 1.92. The molecule has 0 saturated heterocycles. The number of nitrogens with two attached hydrogens (primary N) is 1. The standard InChI is InChI=1S/C14H24N2O3/c1-16(9-12(15)10-17)7-6-11-4-5-13(18-2)8-14(11)19-3/h4-5,8,12,17H,6-7,9-10,15H2,1-3H3. The Morgan fingerprint density at radius 3 is 2.63 bits per heavy atom. The van der Waals surface area contributed by atoms with Crippen LogP contribution < -0.4 is 15.2 Å². The normalized spacial score (nSPS) is 12.5. The van der Waals surface area contributed by atoms with Gasteiger partial charge < -0.3 is 25.2 Å². The van der Waals surface area contributed by atoms with Gasteiger partial charge in [-0.05, 0) is 25.1 Å². The molecule has 0 radical (unpaired) electrons. The summed E-state index contributed by atoms with van der Waals surface area (Å²) in [6.45, 7) is 1.54. The van der Waals surface area contributed by atoms with Crippen molar-refractivity contribution >= 4 is 0 Å². The van der Waals surface area contributed by atoms with Gasteiger partial charge in [0.2, 0.25) is 0 Å². The predicted octanol–water partition coefficient (Wildman–Crippen LogP) is 0.498. The average Bonchev–Trinajstić information content (AvgIpc) is 2.44. The van der Waals surface area contributed by atoms with Gasteiger partial charge in [-0.15, -0.1) is 0 Å². The molecular weight excluding hydrogens is 244 g/mol. The average molecular weight is 268 g/mol. The van der Waals surface area contributed by atoms with Crippen molar-refractivity contribution in [1.29, 1.82) is 0 Å². The van der Waals surface area contributed by atoms with Crippen LogP contribution in [0.3, 0.4) is 0 Å². The van der Waals surface area contributed by atoms with Crippen molar-refractivity contribution in [3.63, 3.8) is 0 Å². The van der Waals surface area contributed by atoms with E-state index in [0.29, 0.717) is 6.54 Å². The quantitative estimate of drug-likeness (QED) is 0.718. The summed E-state index contributed by atoms with van der Waals surface area (Å²) in [5.74, 6) is 1.62. The molecule has 19 heavy (non-hydrogen) atoms. The van der Waals surface area contributed by atoms with E-state index in [4.69, 9.17) is 20.3 Å². The van der Waals surface area contributed by atoms with Gasteiger partial charge in [0.05, 0.1) is 20.8 Å². The molecule has 0 bridgehead atoms. The highest BCUT2D eigenvalue weighted by atomic mass is 16.5. The molecule has 1 aromatic rings. The lowest BCUT2D eigenvalue weighted by Gasteiger charge is -2.20. The Morgan fingerprint density at radius 1 is 1.32 bits per heavy atom. The largest absolute Gasteiger partial charge is 0.497 e. The molecule has 0 saturated carbocycles. The van der Waals surface area contributed by atoms with Gasteiger partial charge in [0, 0.05) is 25.2 Å². The highest BCUT2D eigenvalue weighted by molar-refractivity contribution is 5.40. The summed E-state index contributed by atoms with van der Waals surface area (Å²) < 4.78 is 10.5.